The van der Waals surface area contributed by atoms with Crippen LogP contribution in [0.15, 0.2) is 12.1 Å². The molecule has 0 heterocycles. The van der Waals surface area contributed by atoms with Crippen molar-refractivity contribution in [2.45, 2.75) is 110 Å². The SMILES string of the molecule is CCCC1CCC(C2CCC(C3CCC(CC(=O)c4ccc(OCC)c(F)c4O)CC3)CC2)CC1. The Morgan fingerprint density at radius 1 is 0.829 bits per heavy atom. The normalized spacial score (nSPS) is 31.7. The first-order chi connectivity index (χ1) is 17.0. The lowest BCUT2D eigenvalue weighted by molar-refractivity contribution is 0.0883. The number of hydrogen-bond acceptors (Lipinski definition) is 3. The van der Waals surface area contributed by atoms with Gasteiger partial charge in [0.2, 0.25) is 5.82 Å². The molecule has 0 aliphatic heterocycles. The van der Waals surface area contributed by atoms with Crippen LogP contribution in [0.5, 0.6) is 11.5 Å². The summed E-state index contributed by atoms with van der Waals surface area (Å²) in [5.74, 6) is 3.48. The number of aromatic hydroxyl groups is 1. The van der Waals surface area contributed by atoms with Gasteiger partial charge in [0.1, 0.15) is 0 Å². The van der Waals surface area contributed by atoms with E-state index in [0.717, 1.165) is 42.4 Å². The van der Waals surface area contributed by atoms with Crippen molar-refractivity contribution in [2.24, 2.45) is 35.5 Å². The Labute approximate surface area is 212 Å². The van der Waals surface area contributed by atoms with E-state index in [0.29, 0.717) is 18.9 Å². The first-order valence-electron chi connectivity index (χ1n) is 14.7. The van der Waals surface area contributed by atoms with Crippen LogP contribution in [-0.4, -0.2) is 17.5 Å². The number of carbonyl (C=O) groups is 1. The summed E-state index contributed by atoms with van der Waals surface area (Å²) in [6.07, 6.45) is 19.4. The average Bonchev–Trinajstić information content (AvgIpc) is 2.88. The largest absolute Gasteiger partial charge is 0.504 e. The van der Waals surface area contributed by atoms with E-state index in [1.54, 1.807) is 6.92 Å². The highest BCUT2D eigenvalue weighted by atomic mass is 19.1. The molecule has 0 aromatic heterocycles. The van der Waals surface area contributed by atoms with Crippen LogP contribution in [-0.2, 0) is 0 Å². The lowest BCUT2D eigenvalue weighted by Crippen LogP contribution is -2.30. The Hall–Kier alpha value is -1.58. The van der Waals surface area contributed by atoms with Crippen molar-refractivity contribution < 1.29 is 19.0 Å². The number of Topliss-reactive ketones (excluding diaryl/α,β-unsaturated/α-hetero) is 1. The molecule has 3 aliphatic rings. The Morgan fingerprint density at radius 2 is 1.31 bits per heavy atom. The number of benzene rings is 1. The Morgan fingerprint density at radius 3 is 1.80 bits per heavy atom. The predicted molar refractivity (Wildman–Crippen MR) is 139 cm³/mol. The zero-order valence-corrected chi connectivity index (χ0v) is 22.1. The highest BCUT2D eigenvalue weighted by Crippen LogP contribution is 2.46. The minimum absolute atomic E-state index is 0.000883. The fraction of sp³-hybridized carbons (Fsp3) is 0.774. The lowest BCUT2D eigenvalue weighted by atomic mass is 9.64. The number of rotatable bonds is 9. The maximum atomic E-state index is 14.3. The molecule has 1 aromatic carbocycles. The predicted octanol–water partition coefficient (Wildman–Crippen LogP) is 8.72. The summed E-state index contributed by atoms with van der Waals surface area (Å²) in [6.45, 7) is 4.40. The molecule has 0 spiro atoms. The molecule has 1 aromatic rings. The third-order valence-corrected chi connectivity index (χ3v) is 9.78. The van der Waals surface area contributed by atoms with Crippen LogP contribution in [0.4, 0.5) is 4.39 Å². The Balaban J connectivity index is 1.19. The van der Waals surface area contributed by atoms with Gasteiger partial charge in [0, 0.05) is 6.42 Å². The first-order valence-corrected chi connectivity index (χ1v) is 14.7. The van der Waals surface area contributed by atoms with Crippen molar-refractivity contribution in [1.82, 2.24) is 0 Å². The number of phenolic OH excluding ortho intramolecular Hbond substituents is 1. The van der Waals surface area contributed by atoms with Gasteiger partial charge < -0.3 is 9.84 Å². The van der Waals surface area contributed by atoms with Crippen LogP contribution in [0.3, 0.4) is 0 Å². The topological polar surface area (TPSA) is 46.5 Å². The molecule has 0 atom stereocenters. The van der Waals surface area contributed by atoms with E-state index in [9.17, 15) is 14.3 Å². The van der Waals surface area contributed by atoms with Crippen molar-refractivity contribution in [3.8, 4) is 11.5 Å². The molecule has 1 N–H and O–H groups in total. The summed E-state index contributed by atoms with van der Waals surface area (Å²) in [5, 5.41) is 10.2. The van der Waals surface area contributed by atoms with E-state index in [2.05, 4.69) is 6.92 Å². The zero-order valence-electron chi connectivity index (χ0n) is 22.1. The molecule has 3 aliphatic carbocycles. The molecule has 196 valence electrons. The standard InChI is InChI=1S/C31H47FO3/c1-3-5-21-6-10-23(11-7-21)25-14-16-26(17-15-25)24-12-8-22(9-13-24)20-28(33)27-18-19-29(35-4-2)30(32)31(27)34/h18-19,21-26,34H,3-17,20H2,1-2H3. The van der Waals surface area contributed by atoms with Crippen molar-refractivity contribution >= 4 is 5.78 Å². The zero-order chi connectivity index (χ0) is 24.8. The molecule has 0 radical (unpaired) electrons. The first kappa shape index (κ1) is 26.5. The summed E-state index contributed by atoms with van der Waals surface area (Å²) in [5.41, 5.74) is 0.0927. The summed E-state index contributed by atoms with van der Waals surface area (Å²) in [4.78, 5) is 12.8. The molecule has 35 heavy (non-hydrogen) atoms. The number of phenols is 1. The van der Waals surface area contributed by atoms with E-state index in [4.69, 9.17) is 4.74 Å². The summed E-state index contributed by atoms with van der Waals surface area (Å²) >= 11 is 0. The summed E-state index contributed by atoms with van der Waals surface area (Å²) < 4.78 is 19.5. The maximum absolute atomic E-state index is 14.3. The van der Waals surface area contributed by atoms with Gasteiger partial charge in [-0.3, -0.25) is 4.79 Å². The minimum atomic E-state index is -0.828. The molecule has 4 heteroatoms. The second kappa shape index (κ2) is 12.6. The molecule has 3 fully saturated rings. The van der Waals surface area contributed by atoms with Gasteiger partial charge in [-0.15, -0.1) is 0 Å². The second-order valence-electron chi connectivity index (χ2n) is 11.9. The summed E-state index contributed by atoms with van der Waals surface area (Å²) in [6, 6.07) is 2.96. The number of hydrogen-bond donors (Lipinski definition) is 1. The fourth-order valence-electron chi connectivity index (χ4n) is 7.72. The van der Waals surface area contributed by atoms with E-state index in [-0.39, 0.29) is 17.1 Å². The summed E-state index contributed by atoms with van der Waals surface area (Å²) in [7, 11) is 0. The highest BCUT2D eigenvalue weighted by Gasteiger charge is 2.35. The van der Waals surface area contributed by atoms with E-state index in [1.165, 1.54) is 89.2 Å². The van der Waals surface area contributed by atoms with E-state index < -0.39 is 11.6 Å². The van der Waals surface area contributed by atoms with E-state index >= 15 is 0 Å². The second-order valence-corrected chi connectivity index (χ2v) is 11.9. The number of ketones is 1. The van der Waals surface area contributed by atoms with Crippen molar-refractivity contribution in [3.05, 3.63) is 23.5 Å². The fourth-order valence-corrected chi connectivity index (χ4v) is 7.72. The molecule has 0 saturated heterocycles. The molecule has 0 amide bonds. The van der Waals surface area contributed by atoms with Gasteiger partial charge in [-0.25, -0.2) is 0 Å². The molecule has 3 saturated carbocycles. The van der Waals surface area contributed by atoms with Crippen LogP contribution in [0, 0.1) is 41.3 Å². The monoisotopic (exact) mass is 486 g/mol. The molecule has 3 nitrogen and oxygen atoms in total. The number of carbonyl (C=O) groups excluding carboxylic acids is 1. The molecule has 4 rings (SSSR count). The Kier molecular flexibility index (Phi) is 9.53. The third kappa shape index (κ3) is 6.60. The maximum Gasteiger partial charge on any atom is 0.207 e. The smallest absolute Gasteiger partial charge is 0.207 e. The quantitative estimate of drug-likeness (QED) is 0.355. The van der Waals surface area contributed by atoms with Gasteiger partial charge in [0.05, 0.1) is 12.2 Å². The van der Waals surface area contributed by atoms with Gasteiger partial charge in [-0.1, -0.05) is 32.6 Å². The minimum Gasteiger partial charge on any atom is -0.504 e. The number of ether oxygens (including phenoxy) is 1. The third-order valence-electron chi connectivity index (χ3n) is 9.78. The van der Waals surface area contributed by atoms with Crippen molar-refractivity contribution in [1.29, 1.82) is 0 Å². The van der Waals surface area contributed by atoms with Crippen LogP contribution in [0.1, 0.15) is 121 Å². The molecular formula is C31H47FO3. The van der Waals surface area contributed by atoms with Gasteiger partial charge in [0.25, 0.3) is 0 Å². The van der Waals surface area contributed by atoms with Gasteiger partial charge >= 0.3 is 0 Å². The molecular weight excluding hydrogens is 439 g/mol. The van der Waals surface area contributed by atoms with Gasteiger partial charge in [-0.2, -0.15) is 4.39 Å². The van der Waals surface area contributed by atoms with E-state index in [1.807, 2.05) is 0 Å². The average molecular weight is 487 g/mol. The van der Waals surface area contributed by atoms with Crippen molar-refractivity contribution in [2.75, 3.05) is 6.61 Å². The van der Waals surface area contributed by atoms with Gasteiger partial charge in [-0.05, 0) is 119 Å². The van der Waals surface area contributed by atoms with Crippen LogP contribution in [0.2, 0.25) is 0 Å². The molecule has 0 bridgehead atoms. The number of halogens is 1. The highest BCUT2D eigenvalue weighted by molar-refractivity contribution is 5.99. The van der Waals surface area contributed by atoms with Crippen LogP contribution < -0.4 is 4.74 Å². The molecule has 0 unspecified atom stereocenters. The van der Waals surface area contributed by atoms with Crippen LogP contribution in [0.25, 0.3) is 0 Å². The van der Waals surface area contributed by atoms with Crippen LogP contribution >= 0.6 is 0 Å². The lowest BCUT2D eigenvalue weighted by Gasteiger charge is -2.41. The van der Waals surface area contributed by atoms with Crippen molar-refractivity contribution in [3.63, 3.8) is 0 Å². The van der Waals surface area contributed by atoms with Gasteiger partial charge in [0.15, 0.2) is 17.3 Å². The Bertz CT molecular complexity index is 813.